The Morgan fingerprint density at radius 3 is 2.68 bits per heavy atom. The molecule has 0 unspecified atom stereocenters. The molecule has 2 N–H and O–H groups in total. The summed E-state index contributed by atoms with van der Waals surface area (Å²) >= 11 is 0. The van der Waals surface area contributed by atoms with Gasteiger partial charge in [0, 0.05) is 24.5 Å². The molecule has 1 atom stereocenters. The van der Waals surface area contributed by atoms with Gasteiger partial charge in [-0.2, -0.15) is 0 Å². The Hall–Kier alpha value is -2.47. The van der Waals surface area contributed by atoms with Crippen LogP contribution in [0.15, 0.2) is 42.7 Å². The van der Waals surface area contributed by atoms with Crippen molar-refractivity contribution in [3.8, 4) is 5.75 Å². The lowest BCUT2D eigenvalue weighted by atomic mass is 9.75. The lowest BCUT2D eigenvalue weighted by Gasteiger charge is -2.38. The van der Waals surface area contributed by atoms with Crippen molar-refractivity contribution in [3.63, 3.8) is 0 Å². The minimum atomic E-state index is -0.617. The lowest BCUT2D eigenvalue weighted by Crippen LogP contribution is -2.48. The van der Waals surface area contributed by atoms with Crippen molar-refractivity contribution in [2.24, 2.45) is 5.92 Å². The second kappa shape index (κ2) is 7.61. The number of hydrogen-bond donors (Lipinski definition) is 2. The van der Waals surface area contributed by atoms with Crippen molar-refractivity contribution in [2.45, 2.75) is 31.4 Å². The summed E-state index contributed by atoms with van der Waals surface area (Å²) in [5.41, 5.74) is 1.03. The van der Waals surface area contributed by atoms with E-state index in [2.05, 4.69) is 10.3 Å². The maximum absolute atomic E-state index is 14.1. The van der Waals surface area contributed by atoms with E-state index in [1.54, 1.807) is 18.5 Å². The number of amides is 1. The summed E-state index contributed by atoms with van der Waals surface area (Å²) in [6.45, 7) is 0. The van der Waals surface area contributed by atoms with Crippen LogP contribution in [0.25, 0.3) is 0 Å². The Bertz CT molecular complexity index is 733. The van der Waals surface area contributed by atoms with Crippen LogP contribution in [0.2, 0.25) is 0 Å². The number of benzene rings is 1. The first-order valence-electron chi connectivity index (χ1n) is 8.28. The zero-order valence-electron chi connectivity index (χ0n) is 14.0. The molecule has 1 aromatic carbocycles. The zero-order chi connectivity index (χ0) is 17.8. The number of nitrogens with one attached hydrogen (secondary N) is 1. The molecule has 1 fully saturated rings. The van der Waals surface area contributed by atoms with Crippen molar-refractivity contribution in [1.29, 1.82) is 0 Å². The van der Waals surface area contributed by atoms with Gasteiger partial charge in [0.25, 0.3) is 5.91 Å². The molecule has 3 rings (SSSR count). The van der Waals surface area contributed by atoms with Crippen LogP contribution in [0.3, 0.4) is 0 Å². The molecular weight excluding hydrogens is 323 g/mol. The van der Waals surface area contributed by atoms with Gasteiger partial charge in [0.1, 0.15) is 11.6 Å². The van der Waals surface area contributed by atoms with Gasteiger partial charge in [-0.3, -0.25) is 9.78 Å². The summed E-state index contributed by atoms with van der Waals surface area (Å²) in [6, 6.07) is 7.79. The Morgan fingerprint density at radius 2 is 2.08 bits per heavy atom. The Balaban J connectivity index is 1.74. The first kappa shape index (κ1) is 17.4. The van der Waals surface area contributed by atoms with Crippen LogP contribution in [-0.2, 0) is 6.42 Å². The molecule has 1 aliphatic carbocycles. The molecule has 1 saturated carbocycles. The molecule has 25 heavy (non-hydrogen) atoms. The summed E-state index contributed by atoms with van der Waals surface area (Å²) in [5.74, 6) is -0.535. The van der Waals surface area contributed by atoms with E-state index in [9.17, 15) is 14.3 Å². The van der Waals surface area contributed by atoms with Crippen molar-refractivity contribution in [1.82, 2.24) is 10.3 Å². The number of methoxy groups -OCH3 is 1. The molecule has 6 heteroatoms. The number of ether oxygens (including phenoxy) is 1. The van der Waals surface area contributed by atoms with Gasteiger partial charge in [-0.1, -0.05) is 0 Å². The highest BCUT2D eigenvalue weighted by molar-refractivity contribution is 5.94. The number of hydrogen-bond acceptors (Lipinski definition) is 4. The summed E-state index contributed by atoms with van der Waals surface area (Å²) in [7, 11) is 1.45. The number of carbonyl (C=O) groups is 1. The molecule has 0 spiro atoms. The van der Waals surface area contributed by atoms with E-state index < -0.39 is 11.7 Å². The van der Waals surface area contributed by atoms with Crippen LogP contribution in [0, 0.1) is 11.7 Å². The highest BCUT2D eigenvalue weighted by atomic mass is 19.1. The van der Waals surface area contributed by atoms with E-state index in [0.717, 1.165) is 5.56 Å². The number of aliphatic hydroxyl groups is 1. The quantitative estimate of drug-likeness (QED) is 0.844. The number of pyridine rings is 1. The third kappa shape index (κ3) is 4.14. The molecule has 0 radical (unpaired) electrons. The summed E-state index contributed by atoms with van der Waals surface area (Å²) in [5, 5.41) is 12.5. The molecule has 1 aromatic heterocycles. The monoisotopic (exact) mass is 344 g/mol. The minimum Gasteiger partial charge on any atom is -0.497 e. The molecule has 5 nitrogen and oxygen atoms in total. The SMILES string of the molecule is COc1ccc(C(=O)N[C@H](Cc2ccncc2)C2CC(O)C2)c(F)c1. The normalized spacial score (nSPS) is 20.4. The maximum Gasteiger partial charge on any atom is 0.254 e. The van der Waals surface area contributed by atoms with Gasteiger partial charge in [0.05, 0.1) is 18.8 Å². The fourth-order valence-electron chi connectivity index (χ4n) is 3.12. The molecule has 0 bridgehead atoms. The molecule has 1 aliphatic rings. The van der Waals surface area contributed by atoms with Crippen molar-refractivity contribution >= 4 is 5.91 Å². The Morgan fingerprint density at radius 1 is 1.36 bits per heavy atom. The zero-order valence-corrected chi connectivity index (χ0v) is 14.0. The molecular formula is C19H21FN2O3. The predicted molar refractivity (Wildman–Crippen MR) is 90.9 cm³/mol. The highest BCUT2D eigenvalue weighted by Crippen LogP contribution is 2.32. The number of carbonyl (C=O) groups excluding carboxylic acids is 1. The third-order valence-electron chi connectivity index (χ3n) is 4.66. The molecule has 1 heterocycles. The molecule has 2 aromatic rings. The second-order valence-corrected chi connectivity index (χ2v) is 6.37. The van der Waals surface area contributed by atoms with Crippen molar-refractivity contribution in [2.75, 3.05) is 7.11 Å². The van der Waals surface area contributed by atoms with Gasteiger partial charge < -0.3 is 15.2 Å². The van der Waals surface area contributed by atoms with Crippen molar-refractivity contribution in [3.05, 3.63) is 59.7 Å². The van der Waals surface area contributed by atoms with E-state index >= 15 is 0 Å². The van der Waals surface area contributed by atoms with Gasteiger partial charge in [-0.25, -0.2) is 4.39 Å². The van der Waals surface area contributed by atoms with Crippen LogP contribution >= 0.6 is 0 Å². The average molecular weight is 344 g/mol. The van der Waals surface area contributed by atoms with Crippen LogP contribution < -0.4 is 10.1 Å². The standard InChI is InChI=1S/C19H21FN2O3/c1-25-15-2-3-16(17(20)11-15)19(24)22-18(13-9-14(23)10-13)8-12-4-6-21-7-5-12/h2-7,11,13-14,18,23H,8-10H2,1H3,(H,22,24)/t13?,14?,18-/m1/s1. The first-order valence-corrected chi connectivity index (χ1v) is 8.28. The Labute approximate surface area is 145 Å². The fraction of sp³-hybridized carbons (Fsp3) is 0.368. The van der Waals surface area contributed by atoms with Gasteiger partial charge >= 0.3 is 0 Å². The van der Waals surface area contributed by atoms with E-state index in [1.165, 1.54) is 19.2 Å². The number of rotatable bonds is 6. The Kier molecular flexibility index (Phi) is 5.28. The number of halogens is 1. The summed E-state index contributed by atoms with van der Waals surface area (Å²) in [4.78, 5) is 16.5. The van der Waals surface area contributed by atoms with Gasteiger partial charge in [-0.05, 0) is 55.0 Å². The van der Waals surface area contributed by atoms with Crippen LogP contribution in [0.4, 0.5) is 4.39 Å². The van der Waals surface area contributed by atoms with E-state index in [0.29, 0.717) is 25.0 Å². The smallest absolute Gasteiger partial charge is 0.254 e. The third-order valence-corrected chi connectivity index (χ3v) is 4.66. The molecule has 0 aliphatic heterocycles. The van der Waals surface area contributed by atoms with Crippen molar-refractivity contribution < 1.29 is 19.0 Å². The van der Waals surface area contributed by atoms with Crippen LogP contribution in [-0.4, -0.2) is 35.3 Å². The van der Waals surface area contributed by atoms with Crippen LogP contribution in [0.1, 0.15) is 28.8 Å². The molecule has 1 amide bonds. The lowest BCUT2D eigenvalue weighted by molar-refractivity contribution is 0.0239. The van der Waals surface area contributed by atoms with Crippen LogP contribution in [0.5, 0.6) is 5.75 Å². The number of aliphatic hydroxyl groups excluding tert-OH is 1. The summed E-state index contributed by atoms with van der Waals surface area (Å²) in [6.07, 6.45) is 4.98. The van der Waals surface area contributed by atoms with E-state index in [4.69, 9.17) is 4.74 Å². The van der Waals surface area contributed by atoms with E-state index in [-0.39, 0.29) is 23.6 Å². The molecule has 132 valence electrons. The minimum absolute atomic E-state index is 0.0135. The summed E-state index contributed by atoms with van der Waals surface area (Å²) < 4.78 is 19.1. The molecule has 0 saturated heterocycles. The average Bonchev–Trinajstić information content (AvgIpc) is 2.59. The topological polar surface area (TPSA) is 71.5 Å². The number of nitrogens with zero attached hydrogens (tertiary/aromatic N) is 1. The van der Waals surface area contributed by atoms with Gasteiger partial charge in [0.2, 0.25) is 0 Å². The number of aromatic nitrogens is 1. The maximum atomic E-state index is 14.1. The second-order valence-electron chi connectivity index (χ2n) is 6.37. The van der Waals surface area contributed by atoms with Gasteiger partial charge in [-0.15, -0.1) is 0 Å². The largest absolute Gasteiger partial charge is 0.497 e. The van der Waals surface area contributed by atoms with Gasteiger partial charge in [0.15, 0.2) is 0 Å². The highest BCUT2D eigenvalue weighted by Gasteiger charge is 2.35. The first-order chi connectivity index (χ1) is 12.1. The predicted octanol–water partition coefficient (Wildman–Crippen LogP) is 2.34. The van der Waals surface area contributed by atoms with E-state index in [1.807, 2.05) is 12.1 Å². The fourth-order valence-corrected chi connectivity index (χ4v) is 3.12.